The maximum Gasteiger partial charge on any atom is 0.180 e. The molecule has 14 heavy (non-hydrogen) atoms. The number of aryl methyl sites for hydroxylation is 1. The van der Waals surface area contributed by atoms with Crippen molar-refractivity contribution in [3.63, 3.8) is 0 Å². The van der Waals surface area contributed by atoms with Crippen molar-refractivity contribution in [3.05, 3.63) is 21.6 Å². The predicted molar refractivity (Wildman–Crippen MR) is 58.2 cm³/mol. The molecule has 1 aliphatic rings. The van der Waals surface area contributed by atoms with Crippen molar-refractivity contribution in [1.82, 2.24) is 0 Å². The molecular formula is C11H16FNS. The Morgan fingerprint density at radius 2 is 2.14 bits per heavy atom. The van der Waals surface area contributed by atoms with Gasteiger partial charge in [-0.3, -0.25) is 0 Å². The Morgan fingerprint density at radius 1 is 1.50 bits per heavy atom. The fraction of sp³-hybridized carbons (Fsp3) is 0.636. The summed E-state index contributed by atoms with van der Waals surface area (Å²) in [5.74, 6) is 0. The Morgan fingerprint density at radius 3 is 2.57 bits per heavy atom. The Balaban J connectivity index is 2.40. The zero-order chi connectivity index (χ0) is 10.2. The molecule has 1 saturated carbocycles. The van der Waals surface area contributed by atoms with Crippen LogP contribution in [0.3, 0.4) is 0 Å². The minimum atomic E-state index is -0.0468. The Hall–Kier alpha value is -0.410. The molecule has 1 heterocycles. The van der Waals surface area contributed by atoms with E-state index in [2.05, 4.69) is 0 Å². The lowest BCUT2D eigenvalue weighted by Gasteiger charge is -2.26. The van der Waals surface area contributed by atoms with Gasteiger partial charge in [-0.05, 0) is 25.8 Å². The quantitative estimate of drug-likeness (QED) is 0.803. The molecule has 0 unspecified atom stereocenters. The molecule has 0 amide bonds. The summed E-state index contributed by atoms with van der Waals surface area (Å²) >= 11 is 1.25. The Labute approximate surface area is 88.1 Å². The largest absolute Gasteiger partial charge is 0.330 e. The van der Waals surface area contributed by atoms with E-state index in [0.29, 0.717) is 6.54 Å². The van der Waals surface area contributed by atoms with Crippen LogP contribution in [0.2, 0.25) is 0 Å². The van der Waals surface area contributed by atoms with Crippen molar-refractivity contribution < 1.29 is 4.39 Å². The van der Waals surface area contributed by atoms with E-state index in [-0.39, 0.29) is 10.5 Å². The molecule has 1 aromatic rings. The lowest BCUT2D eigenvalue weighted by Crippen LogP contribution is -2.32. The molecule has 0 atom stereocenters. The first-order valence-corrected chi connectivity index (χ1v) is 5.96. The monoisotopic (exact) mass is 213 g/mol. The van der Waals surface area contributed by atoms with E-state index < -0.39 is 0 Å². The first kappa shape index (κ1) is 10.1. The van der Waals surface area contributed by atoms with Crippen LogP contribution in [0.5, 0.6) is 0 Å². The fourth-order valence-electron chi connectivity index (χ4n) is 2.48. The van der Waals surface area contributed by atoms with Crippen molar-refractivity contribution in [2.75, 3.05) is 6.54 Å². The molecule has 3 heteroatoms. The summed E-state index contributed by atoms with van der Waals surface area (Å²) in [6.45, 7) is 2.54. The predicted octanol–water partition coefficient (Wildman–Crippen LogP) is 2.97. The Bertz CT molecular complexity index is 326. The molecule has 0 aromatic carbocycles. The molecule has 0 aliphatic heterocycles. The van der Waals surface area contributed by atoms with E-state index in [1.807, 2.05) is 13.0 Å². The van der Waals surface area contributed by atoms with Crippen LogP contribution in [0.1, 0.15) is 36.1 Å². The number of thiophene rings is 1. The van der Waals surface area contributed by atoms with Crippen molar-refractivity contribution >= 4 is 11.3 Å². The highest BCUT2D eigenvalue weighted by Gasteiger charge is 2.37. The van der Waals surface area contributed by atoms with Gasteiger partial charge in [0.15, 0.2) is 5.13 Å². The second kappa shape index (κ2) is 3.63. The summed E-state index contributed by atoms with van der Waals surface area (Å²) in [6.07, 6.45) is 4.48. The van der Waals surface area contributed by atoms with Gasteiger partial charge < -0.3 is 5.73 Å². The highest BCUT2D eigenvalue weighted by Crippen LogP contribution is 2.43. The average molecular weight is 213 g/mol. The van der Waals surface area contributed by atoms with Crippen molar-refractivity contribution in [2.45, 2.75) is 38.0 Å². The fourth-order valence-corrected chi connectivity index (χ4v) is 3.33. The number of hydrogen-bond acceptors (Lipinski definition) is 2. The van der Waals surface area contributed by atoms with Crippen LogP contribution in [-0.4, -0.2) is 6.54 Å². The molecular weight excluding hydrogens is 197 g/mol. The summed E-state index contributed by atoms with van der Waals surface area (Å²) in [5, 5.41) is -0.0187. The normalized spacial score (nSPS) is 20.2. The summed E-state index contributed by atoms with van der Waals surface area (Å²) in [5.41, 5.74) is 6.65. The third kappa shape index (κ3) is 1.48. The van der Waals surface area contributed by atoms with E-state index >= 15 is 0 Å². The third-order valence-electron chi connectivity index (χ3n) is 3.33. The summed E-state index contributed by atoms with van der Waals surface area (Å²) in [6, 6.07) is 1.98. The molecule has 0 radical (unpaired) electrons. The van der Waals surface area contributed by atoms with E-state index in [0.717, 1.165) is 23.3 Å². The Kier molecular flexibility index (Phi) is 2.62. The van der Waals surface area contributed by atoms with Crippen LogP contribution in [0.25, 0.3) is 0 Å². The average Bonchev–Trinajstić information content (AvgIpc) is 2.73. The molecule has 1 aliphatic carbocycles. The molecule has 1 nitrogen and oxygen atoms in total. The van der Waals surface area contributed by atoms with Gasteiger partial charge in [0.1, 0.15) is 0 Å². The number of rotatable bonds is 2. The number of halogens is 1. The minimum absolute atomic E-state index is 0.0187. The molecule has 1 fully saturated rings. The molecule has 1 aromatic heterocycles. The van der Waals surface area contributed by atoms with Crippen LogP contribution in [0.15, 0.2) is 6.07 Å². The maximum absolute atomic E-state index is 13.7. The molecule has 0 saturated heterocycles. The molecule has 0 bridgehead atoms. The minimum Gasteiger partial charge on any atom is -0.330 e. The second-order valence-electron chi connectivity index (χ2n) is 4.24. The lowest BCUT2D eigenvalue weighted by atomic mass is 9.80. The number of hydrogen-bond donors (Lipinski definition) is 1. The van der Waals surface area contributed by atoms with Gasteiger partial charge >= 0.3 is 0 Å². The highest BCUT2D eigenvalue weighted by molar-refractivity contribution is 7.10. The van der Waals surface area contributed by atoms with Crippen LogP contribution in [-0.2, 0) is 5.41 Å². The van der Waals surface area contributed by atoms with E-state index in [4.69, 9.17) is 5.73 Å². The highest BCUT2D eigenvalue weighted by atomic mass is 32.1. The van der Waals surface area contributed by atoms with Gasteiger partial charge in [0.25, 0.3) is 0 Å². The third-order valence-corrected chi connectivity index (χ3v) is 4.17. The topological polar surface area (TPSA) is 26.0 Å². The molecule has 0 spiro atoms. The lowest BCUT2D eigenvalue weighted by molar-refractivity contribution is 0.433. The number of nitrogens with two attached hydrogens (primary N) is 1. The van der Waals surface area contributed by atoms with Crippen LogP contribution >= 0.6 is 11.3 Å². The van der Waals surface area contributed by atoms with Crippen LogP contribution in [0, 0.1) is 12.1 Å². The standard InChI is InChI=1S/C11H16FNS/c1-8-6-9(10(12)14-8)11(7-13)4-2-3-5-11/h6H,2-5,7,13H2,1H3. The zero-order valence-electron chi connectivity index (χ0n) is 8.48. The smallest absolute Gasteiger partial charge is 0.180 e. The van der Waals surface area contributed by atoms with Gasteiger partial charge in [0.05, 0.1) is 0 Å². The van der Waals surface area contributed by atoms with Gasteiger partial charge in [-0.1, -0.05) is 12.8 Å². The van der Waals surface area contributed by atoms with Crippen LogP contribution < -0.4 is 5.73 Å². The van der Waals surface area contributed by atoms with Gasteiger partial charge in [0, 0.05) is 22.4 Å². The first-order chi connectivity index (χ1) is 6.68. The van der Waals surface area contributed by atoms with E-state index in [1.54, 1.807) is 0 Å². The SMILES string of the molecule is Cc1cc(C2(CN)CCCC2)c(F)s1. The summed E-state index contributed by atoms with van der Waals surface area (Å²) in [7, 11) is 0. The van der Waals surface area contributed by atoms with Crippen molar-refractivity contribution in [2.24, 2.45) is 5.73 Å². The van der Waals surface area contributed by atoms with Crippen molar-refractivity contribution in [3.8, 4) is 0 Å². The van der Waals surface area contributed by atoms with Crippen molar-refractivity contribution in [1.29, 1.82) is 0 Å². The zero-order valence-corrected chi connectivity index (χ0v) is 9.29. The molecule has 2 N–H and O–H groups in total. The van der Waals surface area contributed by atoms with Gasteiger partial charge in [-0.2, -0.15) is 4.39 Å². The van der Waals surface area contributed by atoms with E-state index in [9.17, 15) is 4.39 Å². The van der Waals surface area contributed by atoms with Gasteiger partial charge in [-0.25, -0.2) is 0 Å². The maximum atomic E-state index is 13.7. The second-order valence-corrected chi connectivity index (χ2v) is 5.44. The summed E-state index contributed by atoms with van der Waals surface area (Å²) in [4.78, 5) is 1.05. The molecule has 78 valence electrons. The van der Waals surface area contributed by atoms with Gasteiger partial charge in [-0.15, -0.1) is 11.3 Å². The van der Waals surface area contributed by atoms with Crippen LogP contribution in [0.4, 0.5) is 4.39 Å². The molecule has 2 rings (SSSR count). The van der Waals surface area contributed by atoms with E-state index in [1.165, 1.54) is 24.2 Å². The summed E-state index contributed by atoms with van der Waals surface area (Å²) < 4.78 is 13.7. The van der Waals surface area contributed by atoms with Gasteiger partial charge in [0.2, 0.25) is 0 Å². The first-order valence-electron chi connectivity index (χ1n) is 5.14.